The number of rotatable bonds is 10. The summed E-state index contributed by atoms with van der Waals surface area (Å²) in [5.41, 5.74) is 0.962. The summed E-state index contributed by atoms with van der Waals surface area (Å²) in [6, 6.07) is 8.17. The first kappa shape index (κ1) is 27.3. The number of amides is 1. The van der Waals surface area contributed by atoms with Crippen molar-refractivity contribution in [2.45, 2.75) is 25.2 Å². The zero-order chi connectivity index (χ0) is 25.8. The Balaban J connectivity index is 1.90. The fraction of sp³-hybridized carbons (Fsp3) is 0.435. The lowest BCUT2D eigenvalue weighted by atomic mass is 10.1. The standard InChI is InChI=1S/C23H27Cl2NO8S/c1-30-19-11-15(12-20(31-2)21(19)32-3)22(27)26-13-16(6-5-9-33-35(4,28)29)34-23(26)14-7-8-17(24)18(25)10-14/h7-8,10-12,16,23H,5-6,9,13H2,1-4H3. The van der Waals surface area contributed by atoms with E-state index in [1.54, 1.807) is 35.2 Å². The largest absolute Gasteiger partial charge is 0.493 e. The van der Waals surface area contributed by atoms with Crippen LogP contribution in [0.15, 0.2) is 30.3 Å². The molecule has 2 aromatic carbocycles. The second kappa shape index (κ2) is 11.7. The van der Waals surface area contributed by atoms with Crippen LogP contribution in [0.25, 0.3) is 0 Å². The van der Waals surface area contributed by atoms with E-state index in [0.717, 1.165) is 6.26 Å². The summed E-state index contributed by atoms with van der Waals surface area (Å²) in [5, 5.41) is 0.711. The lowest BCUT2D eigenvalue weighted by Gasteiger charge is -2.24. The molecule has 35 heavy (non-hydrogen) atoms. The molecule has 1 aliphatic heterocycles. The third-order valence-corrected chi connectivity index (χ3v) is 6.71. The molecule has 192 valence electrons. The van der Waals surface area contributed by atoms with Gasteiger partial charge in [-0.15, -0.1) is 0 Å². The predicted octanol–water partition coefficient (Wildman–Crippen LogP) is 4.32. The van der Waals surface area contributed by atoms with E-state index >= 15 is 0 Å². The molecule has 2 unspecified atom stereocenters. The normalized spacial score (nSPS) is 17.9. The average Bonchev–Trinajstić information content (AvgIpc) is 3.25. The Hall–Kier alpha value is -2.24. The molecule has 0 saturated carbocycles. The number of nitrogens with zero attached hydrogens (tertiary/aromatic N) is 1. The summed E-state index contributed by atoms with van der Waals surface area (Å²) < 4.78 is 49.6. The molecule has 0 aliphatic carbocycles. The fourth-order valence-electron chi connectivity index (χ4n) is 3.78. The topological polar surface area (TPSA) is 101 Å². The van der Waals surface area contributed by atoms with Crippen LogP contribution in [0.1, 0.15) is 35.0 Å². The number of hydrogen-bond acceptors (Lipinski definition) is 8. The van der Waals surface area contributed by atoms with Crippen LogP contribution in [0.2, 0.25) is 10.0 Å². The molecule has 9 nitrogen and oxygen atoms in total. The van der Waals surface area contributed by atoms with Crippen molar-refractivity contribution in [3.63, 3.8) is 0 Å². The molecule has 3 rings (SSSR count). The van der Waals surface area contributed by atoms with Gasteiger partial charge in [-0.3, -0.25) is 8.98 Å². The van der Waals surface area contributed by atoms with Crippen molar-refractivity contribution in [2.24, 2.45) is 0 Å². The molecule has 1 saturated heterocycles. The van der Waals surface area contributed by atoms with E-state index in [-0.39, 0.29) is 25.2 Å². The van der Waals surface area contributed by atoms with Crippen molar-refractivity contribution in [1.29, 1.82) is 0 Å². The van der Waals surface area contributed by atoms with Gasteiger partial charge < -0.3 is 23.8 Å². The Bertz CT molecular complexity index is 1150. The molecule has 0 aromatic heterocycles. The Labute approximate surface area is 214 Å². The number of hydrogen-bond donors (Lipinski definition) is 0. The molecule has 0 N–H and O–H groups in total. The molecule has 0 bridgehead atoms. The second-order valence-electron chi connectivity index (χ2n) is 7.82. The summed E-state index contributed by atoms with van der Waals surface area (Å²) in [6.07, 6.45) is 0.808. The van der Waals surface area contributed by atoms with Gasteiger partial charge in [-0.1, -0.05) is 29.3 Å². The van der Waals surface area contributed by atoms with Gasteiger partial charge >= 0.3 is 0 Å². The summed E-state index contributed by atoms with van der Waals surface area (Å²) in [4.78, 5) is 15.2. The number of carbonyl (C=O) groups is 1. The minimum Gasteiger partial charge on any atom is -0.493 e. The predicted molar refractivity (Wildman–Crippen MR) is 131 cm³/mol. The Morgan fingerprint density at radius 1 is 1.06 bits per heavy atom. The van der Waals surface area contributed by atoms with Gasteiger partial charge in [0, 0.05) is 11.1 Å². The van der Waals surface area contributed by atoms with Crippen molar-refractivity contribution in [2.75, 3.05) is 40.7 Å². The Morgan fingerprint density at radius 2 is 1.71 bits per heavy atom. The van der Waals surface area contributed by atoms with Gasteiger partial charge in [0.2, 0.25) is 5.75 Å². The molecule has 12 heteroatoms. The summed E-state index contributed by atoms with van der Waals surface area (Å²) in [7, 11) is 0.892. The van der Waals surface area contributed by atoms with Crippen LogP contribution in [-0.4, -0.2) is 66.1 Å². The van der Waals surface area contributed by atoms with E-state index in [9.17, 15) is 13.2 Å². The summed E-state index contributed by atoms with van der Waals surface area (Å²) in [6.45, 7) is 0.288. The van der Waals surface area contributed by atoms with Crippen LogP contribution >= 0.6 is 23.2 Å². The number of halogens is 2. The van der Waals surface area contributed by atoms with Crippen LogP contribution in [-0.2, 0) is 19.0 Å². The van der Waals surface area contributed by atoms with Gasteiger partial charge in [-0.05, 0) is 37.1 Å². The van der Waals surface area contributed by atoms with Gasteiger partial charge in [-0.2, -0.15) is 8.42 Å². The van der Waals surface area contributed by atoms with Gasteiger partial charge in [-0.25, -0.2) is 0 Å². The first-order valence-electron chi connectivity index (χ1n) is 10.6. The van der Waals surface area contributed by atoms with Crippen molar-refractivity contribution in [3.8, 4) is 17.2 Å². The first-order valence-corrected chi connectivity index (χ1v) is 13.2. The average molecular weight is 548 g/mol. The Morgan fingerprint density at radius 3 is 2.26 bits per heavy atom. The molecule has 2 atom stereocenters. The maximum Gasteiger partial charge on any atom is 0.264 e. The van der Waals surface area contributed by atoms with E-state index in [2.05, 4.69) is 0 Å². The minimum atomic E-state index is -3.53. The molecule has 2 aromatic rings. The van der Waals surface area contributed by atoms with Crippen LogP contribution in [0.3, 0.4) is 0 Å². The smallest absolute Gasteiger partial charge is 0.264 e. The van der Waals surface area contributed by atoms with Gasteiger partial charge in [0.15, 0.2) is 17.7 Å². The van der Waals surface area contributed by atoms with Crippen LogP contribution in [0.5, 0.6) is 17.2 Å². The van der Waals surface area contributed by atoms with Crippen molar-refractivity contribution in [3.05, 3.63) is 51.5 Å². The van der Waals surface area contributed by atoms with E-state index in [0.29, 0.717) is 51.3 Å². The van der Waals surface area contributed by atoms with Crippen LogP contribution < -0.4 is 14.2 Å². The molecule has 1 amide bonds. The zero-order valence-corrected chi connectivity index (χ0v) is 22.1. The molecule has 0 spiro atoms. The van der Waals surface area contributed by atoms with Crippen molar-refractivity contribution >= 4 is 39.2 Å². The van der Waals surface area contributed by atoms with E-state index in [1.807, 2.05) is 0 Å². The number of ether oxygens (including phenoxy) is 4. The summed E-state index contributed by atoms with van der Waals surface area (Å²) in [5.74, 6) is 0.732. The van der Waals surface area contributed by atoms with Crippen LogP contribution in [0, 0.1) is 0 Å². The molecular formula is C23H27Cl2NO8S. The highest BCUT2D eigenvalue weighted by molar-refractivity contribution is 7.85. The monoisotopic (exact) mass is 547 g/mol. The Kier molecular flexibility index (Phi) is 9.11. The number of carbonyl (C=O) groups excluding carboxylic acids is 1. The quantitative estimate of drug-likeness (QED) is 0.320. The molecule has 0 radical (unpaired) electrons. The first-order chi connectivity index (χ1) is 16.6. The third kappa shape index (κ3) is 6.71. The molecule has 1 heterocycles. The van der Waals surface area contributed by atoms with Crippen molar-refractivity contribution in [1.82, 2.24) is 4.90 Å². The lowest BCUT2D eigenvalue weighted by Crippen LogP contribution is -2.32. The summed E-state index contributed by atoms with van der Waals surface area (Å²) >= 11 is 12.3. The third-order valence-electron chi connectivity index (χ3n) is 5.37. The highest BCUT2D eigenvalue weighted by Crippen LogP contribution is 2.40. The number of benzene rings is 2. The SMILES string of the molecule is COc1cc(C(=O)N2CC(CCCOS(C)(=O)=O)OC2c2ccc(Cl)c(Cl)c2)cc(OC)c1OC. The molecule has 1 aliphatic rings. The minimum absolute atomic E-state index is 0.0248. The maximum atomic E-state index is 13.7. The molecular weight excluding hydrogens is 521 g/mol. The van der Waals surface area contributed by atoms with Gasteiger partial charge in [0.05, 0.1) is 56.9 Å². The van der Waals surface area contributed by atoms with Gasteiger partial charge in [0.25, 0.3) is 16.0 Å². The van der Waals surface area contributed by atoms with E-state index in [1.165, 1.54) is 21.3 Å². The second-order valence-corrected chi connectivity index (χ2v) is 10.3. The van der Waals surface area contributed by atoms with E-state index in [4.69, 9.17) is 46.3 Å². The van der Waals surface area contributed by atoms with E-state index < -0.39 is 16.3 Å². The zero-order valence-electron chi connectivity index (χ0n) is 19.7. The van der Waals surface area contributed by atoms with Gasteiger partial charge in [0.1, 0.15) is 0 Å². The highest BCUT2D eigenvalue weighted by Gasteiger charge is 2.38. The number of methoxy groups -OCH3 is 3. The molecule has 1 fully saturated rings. The lowest BCUT2D eigenvalue weighted by molar-refractivity contribution is -0.00193. The van der Waals surface area contributed by atoms with Crippen LogP contribution in [0.4, 0.5) is 0 Å². The maximum absolute atomic E-state index is 13.7. The fourth-order valence-corrected chi connectivity index (χ4v) is 4.51. The van der Waals surface area contributed by atoms with Crippen molar-refractivity contribution < 1.29 is 36.3 Å². The highest BCUT2D eigenvalue weighted by atomic mass is 35.5.